The number of carboxylic acid groups (broad SMARTS) is 1. The van der Waals surface area contributed by atoms with Crippen molar-refractivity contribution in [2.75, 3.05) is 6.54 Å². The van der Waals surface area contributed by atoms with Gasteiger partial charge in [-0.2, -0.15) is 0 Å². The van der Waals surface area contributed by atoms with Crippen molar-refractivity contribution in [2.24, 2.45) is 0 Å². The molecule has 1 aromatic rings. The summed E-state index contributed by atoms with van der Waals surface area (Å²) in [5.74, 6) is 0. The second-order valence-electron chi connectivity index (χ2n) is 8.31. The van der Waals surface area contributed by atoms with E-state index < -0.39 is 17.4 Å². The number of carbonyl (C=O) groups is 1. The lowest BCUT2D eigenvalue weighted by atomic mass is 9.90. The molecule has 2 aliphatic heterocycles. The maximum Gasteiger partial charge on any atom is 0.410 e. The van der Waals surface area contributed by atoms with E-state index >= 15 is 0 Å². The fraction of sp³-hybridized carbons (Fsp3) is 0.650. The van der Waals surface area contributed by atoms with Gasteiger partial charge in [-0.1, -0.05) is 30.3 Å². The van der Waals surface area contributed by atoms with Crippen LogP contribution in [0.1, 0.15) is 52.5 Å². The van der Waals surface area contributed by atoms with Crippen molar-refractivity contribution in [2.45, 2.75) is 76.9 Å². The molecule has 1 N–H and O–H groups in total. The average molecular weight is 346 g/mol. The summed E-state index contributed by atoms with van der Waals surface area (Å²) >= 11 is 0. The van der Waals surface area contributed by atoms with Crippen molar-refractivity contribution < 1.29 is 14.6 Å². The zero-order valence-corrected chi connectivity index (χ0v) is 15.7. The summed E-state index contributed by atoms with van der Waals surface area (Å²) in [4.78, 5) is 15.7. The highest BCUT2D eigenvalue weighted by atomic mass is 16.6. The molecule has 0 bridgehead atoms. The van der Waals surface area contributed by atoms with E-state index in [0.717, 1.165) is 25.9 Å². The van der Waals surface area contributed by atoms with Crippen molar-refractivity contribution in [3.05, 3.63) is 35.9 Å². The number of hydrogen-bond acceptors (Lipinski definition) is 3. The molecule has 0 aromatic heterocycles. The summed E-state index contributed by atoms with van der Waals surface area (Å²) in [6.07, 6.45) is 2.20. The molecular formula is C20H30N2O3. The Morgan fingerprint density at radius 2 is 1.92 bits per heavy atom. The Hall–Kier alpha value is -1.59. The number of likely N-dealkylation sites (tertiary alicyclic amines) is 1. The van der Waals surface area contributed by atoms with Gasteiger partial charge in [-0.25, -0.2) is 4.79 Å². The Bertz CT molecular complexity index is 615. The molecule has 0 saturated carbocycles. The van der Waals surface area contributed by atoms with Gasteiger partial charge >= 0.3 is 6.09 Å². The van der Waals surface area contributed by atoms with E-state index in [9.17, 15) is 9.90 Å². The van der Waals surface area contributed by atoms with Gasteiger partial charge in [0.25, 0.3) is 0 Å². The third kappa shape index (κ3) is 3.53. The smallest absolute Gasteiger partial charge is 0.410 e. The van der Waals surface area contributed by atoms with Crippen molar-refractivity contribution in [1.82, 2.24) is 9.80 Å². The molecule has 5 nitrogen and oxygen atoms in total. The van der Waals surface area contributed by atoms with Gasteiger partial charge in [0.1, 0.15) is 5.72 Å². The summed E-state index contributed by atoms with van der Waals surface area (Å²) in [7, 11) is 0. The zero-order chi connectivity index (χ0) is 18.2. The average Bonchev–Trinajstić information content (AvgIpc) is 3.00. The van der Waals surface area contributed by atoms with Crippen LogP contribution < -0.4 is 0 Å². The lowest BCUT2D eigenvalue weighted by molar-refractivity contribution is -0.0718. The predicted octanol–water partition coefficient (Wildman–Crippen LogP) is 3.93. The Morgan fingerprint density at radius 1 is 1.24 bits per heavy atom. The van der Waals surface area contributed by atoms with E-state index in [1.54, 1.807) is 0 Å². The van der Waals surface area contributed by atoms with Crippen LogP contribution in [-0.2, 0) is 11.3 Å². The van der Waals surface area contributed by atoms with Gasteiger partial charge in [0.15, 0.2) is 0 Å². The topological polar surface area (TPSA) is 53.0 Å². The highest BCUT2D eigenvalue weighted by Gasteiger charge is 2.55. The lowest BCUT2D eigenvalue weighted by Gasteiger charge is -2.37. The van der Waals surface area contributed by atoms with E-state index in [1.807, 2.05) is 33.8 Å². The first-order valence-corrected chi connectivity index (χ1v) is 9.21. The van der Waals surface area contributed by atoms with Gasteiger partial charge in [-0.05, 0) is 59.1 Å². The summed E-state index contributed by atoms with van der Waals surface area (Å²) in [6.45, 7) is 9.70. The van der Waals surface area contributed by atoms with E-state index in [2.05, 4.69) is 29.2 Å². The van der Waals surface area contributed by atoms with Crippen LogP contribution in [0.5, 0.6) is 0 Å². The number of benzene rings is 1. The molecule has 1 amide bonds. The van der Waals surface area contributed by atoms with E-state index in [1.165, 1.54) is 16.9 Å². The molecule has 25 heavy (non-hydrogen) atoms. The van der Waals surface area contributed by atoms with Crippen LogP contribution in [0.2, 0.25) is 0 Å². The molecule has 2 fully saturated rings. The second-order valence-corrected chi connectivity index (χ2v) is 8.31. The van der Waals surface area contributed by atoms with Crippen molar-refractivity contribution >= 4 is 6.09 Å². The lowest BCUT2D eigenvalue weighted by Crippen LogP contribution is -2.54. The van der Waals surface area contributed by atoms with Gasteiger partial charge < -0.3 is 9.84 Å². The minimum absolute atomic E-state index is 0.0972. The fourth-order valence-corrected chi connectivity index (χ4v) is 4.63. The largest absolute Gasteiger partial charge is 0.465 e. The van der Waals surface area contributed by atoms with Gasteiger partial charge in [-0.3, -0.25) is 9.80 Å². The maximum absolute atomic E-state index is 11.8. The number of ether oxygens (including phenoxy) is 1. The highest BCUT2D eigenvalue weighted by molar-refractivity contribution is 5.67. The summed E-state index contributed by atoms with van der Waals surface area (Å²) in [5, 5.41) is 9.65. The summed E-state index contributed by atoms with van der Waals surface area (Å²) in [5.41, 5.74) is 0.00707. The number of hydrogen-bond donors (Lipinski definition) is 1. The Morgan fingerprint density at radius 3 is 2.52 bits per heavy atom. The first kappa shape index (κ1) is 18.2. The molecule has 0 spiro atoms. The molecule has 1 aromatic carbocycles. The Labute approximate surface area is 150 Å². The van der Waals surface area contributed by atoms with Gasteiger partial charge in [0.05, 0.1) is 11.6 Å². The minimum atomic E-state index is -0.912. The van der Waals surface area contributed by atoms with Gasteiger partial charge in [-0.15, -0.1) is 0 Å². The molecule has 2 saturated heterocycles. The van der Waals surface area contributed by atoms with Crippen molar-refractivity contribution in [3.8, 4) is 0 Å². The molecule has 0 aliphatic carbocycles. The normalized spacial score (nSPS) is 28.4. The molecule has 0 radical (unpaired) electrons. The molecule has 2 heterocycles. The molecule has 2 atom stereocenters. The van der Waals surface area contributed by atoms with Crippen LogP contribution in [0, 0.1) is 0 Å². The molecular weight excluding hydrogens is 316 g/mol. The quantitative estimate of drug-likeness (QED) is 0.897. The first-order valence-electron chi connectivity index (χ1n) is 9.21. The van der Waals surface area contributed by atoms with E-state index in [4.69, 9.17) is 4.74 Å². The third-order valence-electron chi connectivity index (χ3n) is 5.74. The van der Waals surface area contributed by atoms with E-state index in [0.29, 0.717) is 6.04 Å². The number of rotatable bonds is 4. The predicted molar refractivity (Wildman–Crippen MR) is 97.4 cm³/mol. The van der Waals surface area contributed by atoms with Crippen LogP contribution in [-0.4, -0.2) is 51.0 Å². The molecule has 2 aliphatic rings. The Kier molecular flexibility index (Phi) is 4.82. The minimum Gasteiger partial charge on any atom is -0.465 e. The van der Waals surface area contributed by atoms with Gasteiger partial charge in [0.2, 0.25) is 0 Å². The van der Waals surface area contributed by atoms with Crippen molar-refractivity contribution in [1.29, 1.82) is 0 Å². The SMILES string of the molecule is CC1(C)O[C@@H](CC2CCCN2Cc2ccccc2)C(C)(C)N1C(=O)O. The van der Waals surface area contributed by atoms with Gasteiger partial charge in [0, 0.05) is 12.6 Å². The Balaban J connectivity index is 1.71. The molecule has 138 valence electrons. The molecule has 3 rings (SSSR count). The van der Waals surface area contributed by atoms with Crippen LogP contribution in [0.4, 0.5) is 4.79 Å². The number of amides is 1. The number of nitrogens with zero attached hydrogens (tertiary/aromatic N) is 2. The van der Waals surface area contributed by atoms with E-state index in [-0.39, 0.29) is 6.10 Å². The van der Waals surface area contributed by atoms with Crippen LogP contribution in [0.15, 0.2) is 30.3 Å². The standard InChI is InChI=1S/C20H30N2O3/c1-19(2)17(25-20(3,4)22(19)18(23)24)13-16-11-8-12-21(16)14-15-9-6-5-7-10-15/h5-7,9-10,16-17H,8,11-14H2,1-4H3,(H,23,24)/t16?,17-/m0/s1. The maximum atomic E-state index is 11.8. The van der Waals surface area contributed by atoms with Crippen LogP contribution in [0.25, 0.3) is 0 Å². The van der Waals surface area contributed by atoms with Crippen LogP contribution >= 0.6 is 0 Å². The molecule has 5 heteroatoms. The summed E-state index contributed by atoms with van der Waals surface area (Å²) in [6, 6.07) is 11.0. The van der Waals surface area contributed by atoms with Crippen molar-refractivity contribution in [3.63, 3.8) is 0 Å². The molecule has 1 unspecified atom stereocenters. The first-order chi connectivity index (χ1) is 11.7. The third-order valence-corrected chi connectivity index (χ3v) is 5.74. The summed E-state index contributed by atoms with van der Waals surface area (Å²) < 4.78 is 6.22. The highest BCUT2D eigenvalue weighted by Crippen LogP contribution is 2.42. The monoisotopic (exact) mass is 346 g/mol. The fourth-order valence-electron chi connectivity index (χ4n) is 4.63. The zero-order valence-electron chi connectivity index (χ0n) is 15.7. The van der Waals surface area contributed by atoms with Crippen LogP contribution in [0.3, 0.4) is 0 Å². The second kappa shape index (κ2) is 6.61.